The van der Waals surface area contributed by atoms with Crippen LogP contribution in [-0.4, -0.2) is 34.4 Å². The van der Waals surface area contributed by atoms with Gasteiger partial charge in [0.15, 0.2) is 0 Å². The average Bonchev–Trinajstić information content (AvgIpc) is 2.40. The van der Waals surface area contributed by atoms with Crippen molar-refractivity contribution in [1.82, 2.24) is 0 Å². The van der Waals surface area contributed by atoms with Crippen molar-refractivity contribution >= 4 is 43.6 Å². The first-order valence-electron chi connectivity index (χ1n) is 6.02. The summed E-state index contributed by atoms with van der Waals surface area (Å²) < 4.78 is 5.70. The Bertz CT molecular complexity index is 684. The molecule has 5 nitrogen and oxygen atoms in total. The minimum absolute atomic E-state index is 0.0616. The molecule has 0 spiro atoms. The summed E-state index contributed by atoms with van der Waals surface area (Å²) in [4.78, 5) is 21.6. The van der Waals surface area contributed by atoms with Gasteiger partial charge in [0, 0.05) is 0 Å². The van der Waals surface area contributed by atoms with E-state index in [0.717, 1.165) is 15.1 Å². The summed E-state index contributed by atoms with van der Waals surface area (Å²) in [6.07, 6.45) is 0.323. The molecule has 0 N–H and O–H groups in total. The molecule has 2 rings (SSSR count). The van der Waals surface area contributed by atoms with Crippen LogP contribution < -0.4 is 4.35 Å². The summed E-state index contributed by atoms with van der Waals surface area (Å²) >= 11 is 2.35. The van der Waals surface area contributed by atoms with Gasteiger partial charge in [-0.3, -0.25) is 0 Å². The van der Waals surface area contributed by atoms with E-state index in [9.17, 15) is 14.9 Å². The van der Waals surface area contributed by atoms with Crippen LogP contribution in [0.4, 0.5) is 5.69 Å². The third-order valence-corrected chi connectivity index (χ3v) is 3.74. The molecule has 2 aromatic carbocycles. The Labute approximate surface area is 124 Å². The van der Waals surface area contributed by atoms with E-state index in [4.69, 9.17) is 4.74 Å². The number of rotatable bonds is 4. The standard InChI is InChI=1S/C14H12AsNO4/c1-9(17)20-7-6-12-10-4-2-3-5-11(10)13(15)8-14(12)16(18)19/h2-5,8H,6-7H2,1H3. The van der Waals surface area contributed by atoms with Crippen molar-refractivity contribution in [1.29, 1.82) is 0 Å². The van der Waals surface area contributed by atoms with Gasteiger partial charge in [0.25, 0.3) is 0 Å². The van der Waals surface area contributed by atoms with Gasteiger partial charge in [-0.05, 0) is 0 Å². The number of benzene rings is 2. The van der Waals surface area contributed by atoms with Gasteiger partial charge in [-0.15, -0.1) is 0 Å². The number of esters is 1. The molecule has 0 aliphatic carbocycles. The first kappa shape index (κ1) is 14.5. The number of ether oxygens (including phenoxy) is 1. The third kappa shape index (κ3) is 2.99. The summed E-state index contributed by atoms with van der Waals surface area (Å²) in [5, 5.41) is 13.0. The number of hydrogen-bond acceptors (Lipinski definition) is 4. The average molecular weight is 333 g/mol. The summed E-state index contributed by atoms with van der Waals surface area (Å²) in [5.74, 6) is -0.388. The van der Waals surface area contributed by atoms with E-state index in [1.165, 1.54) is 6.92 Å². The summed E-state index contributed by atoms with van der Waals surface area (Å²) in [7, 11) is 0. The molecule has 0 fully saturated rings. The normalized spacial score (nSPS) is 10.5. The number of nitro benzene ring substituents is 1. The fraction of sp³-hybridized carbons (Fsp3) is 0.214. The Hall–Kier alpha value is -1.87. The van der Waals surface area contributed by atoms with Crippen LogP contribution in [0.2, 0.25) is 0 Å². The molecular weight excluding hydrogens is 321 g/mol. The molecule has 0 aromatic heterocycles. The van der Waals surface area contributed by atoms with Gasteiger partial charge >= 0.3 is 124 Å². The van der Waals surface area contributed by atoms with Crippen LogP contribution in [0.15, 0.2) is 30.3 Å². The maximum atomic E-state index is 11.2. The molecule has 0 unspecified atom stereocenters. The van der Waals surface area contributed by atoms with E-state index in [-0.39, 0.29) is 18.3 Å². The van der Waals surface area contributed by atoms with Crippen LogP contribution in [0.3, 0.4) is 0 Å². The second-order valence-corrected chi connectivity index (χ2v) is 5.30. The molecular formula is C14H12AsNO4. The molecule has 0 bridgehead atoms. The molecule has 0 aliphatic heterocycles. The van der Waals surface area contributed by atoms with Crippen molar-refractivity contribution in [2.45, 2.75) is 13.3 Å². The van der Waals surface area contributed by atoms with Gasteiger partial charge in [-0.1, -0.05) is 0 Å². The number of nitrogens with zero attached hydrogens (tertiary/aromatic N) is 1. The molecule has 2 aromatic rings. The second kappa shape index (κ2) is 6.05. The van der Waals surface area contributed by atoms with E-state index in [1.807, 2.05) is 24.3 Å². The molecule has 0 saturated carbocycles. The van der Waals surface area contributed by atoms with Crippen molar-refractivity contribution < 1.29 is 14.5 Å². The van der Waals surface area contributed by atoms with Crippen LogP contribution in [-0.2, 0) is 16.0 Å². The van der Waals surface area contributed by atoms with Gasteiger partial charge in [0.05, 0.1) is 0 Å². The number of hydrogen-bond donors (Lipinski definition) is 0. The zero-order valence-corrected chi connectivity index (χ0v) is 12.7. The molecule has 0 aliphatic rings. The number of fused-ring (bicyclic) bond motifs is 1. The molecule has 0 saturated heterocycles. The van der Waals surface area contributed by atoms with Crippen molar-refractivity contribution in [2.24, 2.45) is 0 Å². The van der Waals surface area contributed by atoms with E-state index in [0.29, 0.717) is 12.0 Å². The fourth-order valence-electron chi connectivity index (χ4n) is 2.12. The van der Waals surface area contributed by atoms with Crippen molar-refractivity contribution in [3.63, 3.8) is 0 Å². The van der Waals surface area contributed by atoms with Crippen molar-refractivity contribution in [3.8, 4) is 0 Å². The summed E-state index contributed by atoms with van der Waals surface area (Å²) in [5.41, 5.74) is 0.660. The Kier molecular flexibility index (Phi) is 4.40. The number of carbonyl (C=O) groups excluding carboxylic acids is 1. The maximum absolute atomic E-state index is 11.2. The van der Waals surface area contributed by atoms with Crippen LogP contribution in [0.25, 0.3) is 10.8 Å². The van der Waals surface area contributed by atoms with Gasteiger partial charge in [-0.2, -0.15) is 0 Å². The predicted molar refractivity (Wildman–Crippen MR) is 76.3 cm³/mol. The third-order valence-electron chi connectivity index (χ3n) is 2.96. The minimum atomic E-state index is -0.396. The zero-order chi connectivity index (χ0) is 14.7. The number of carbonyl (C=O) groups is 1. The van der Waals surface area contributed by atoms with E-state index in [2.05, 4.69) is 16.9 Å². The Morgan fingerprint density at radius 2 is 2.00 bits per heavy atom. The Morgan fingerprint density at radius 1 is 1.35 bits per heavy atom. The molecule has 2 radical (unpaired) electrons. The van der Waals surface area contributed by atoms with Crippen molar-refractivity contribution in [2.75, 3.05) is 6.61 Å². The summed E-state index contributed by atoms with van der Waals surface area (Å²) in [6.45, 7) is 1.46. The molecule has 20 heavy (non-hydrogen) atoms. The van der Waals surface area contributed by atoms with Crippen LogP contribution in [0, 0.1) is 10.1 Å². The fourth-order valence-corrected chi connectivity index (χ4v) is 2.79. The van der Waals surface area contributed by atoms with E-state index < -0.39 is 4.92 Å². The second-order valence-electron chi connectivity index (χ2n) is 4.29. The monoisotopic (exact) mass is 333 g/mol. The molecule has 102 valence electrons. The Balaban J connectivity index is 2.53. The zero-order valence-electron chi connectivity index (χ0n) is 10.8. The summed E-state index contributed by atoms with van der Waals surface area (Å²) in [6, 6.07) is 9.05. The molecule has 0 atom stereocenters. The van der Waals surface area contributed by atoms with Crippen LogP contribution >= 0.6 is 0 Å². The van der Waals surface area contributed by atoms with Gasteiger partial charge in [-0.25, -0.2) is 0 Å². The first-order chi connectivity index (χ1) is 9.50. The first-order valence-corrected chi connectivity index (χ1v) is 6.96. The number of nitro groups is 1. The van der Waals surface area contributed by atoms with Gasteiger partial charge < -0.3 is 0 Å². The van der Waals surface area contributed by atoms with Crippen molar-refractivity contribution in [3.05, 3.63) is 46.0 Å². The van der Waals surface area contributed by atoms with E-state index in [1.54, 1.807) is 6.07 Å². The molecule has 0 heterocycles. The molecule has 6 heteroatoms. The molecule has 0 amide bonds. The van der Waals surface area contributed by atoms with E-state index >= 15 is 0 Å². The predicted octanol–water partition coefficient (Wildman–Crippen LogP) is 1.65. The Morgan fingerprint density at radius 3 is 2.60 bits per heavy atom. The van der Waals surface area contributed by atoms with Crippen LogP contribution in [0.1, 0.15) is 12.5 Å². The quantitative estimate of drug-likeness (QED) is 0.369. The van der Waals surface area contributed by atoms with Gasteiger partial charge in [0.2, 0.25) is 0 Å². The SMILES string of the molecule is CC(=O)OCCc1c([N+](=O)[O-])cc([As])c2ccccc12. The van der Waals surface area contributed by atoms with Crippen LogP contribution in [0.5, 0.6) is 0 Å². The topological polar surface area (TPSA) is 69.4 Å². The van der Waals surface area contributed by atoms with Gasteiger partial charge in [0.1, 0.15) is 0 Å².